The molecular formula is C24H32N4O4. The van der Waals surface area contributed by atoms with Gasteiger partial charge in [-0.1, -0.05) is 26.0 Å². The first kappa shape index (κ1) is 23.5. The van der Waals surface area contributed by atoms with Crippen LogP contribution in [0.1, 0.15) is 55.4 Å². The Balaban J connectivity index is 1.77. The molecule has 1 amide bonds. The molecular weight excluding hydrogens is 408 g/mol. The Morgan fingerprint density at radius 1 is 1.25 bits per heavy atom. The lowest BCUT2D eigenvalue weighted by atomic mass is 10.1. The SMILES string of the molecule is CCN(CC)CCCC(C)NC(=O)c1cc2oc(C)cc2n1Cc1cccc([N+](=O)[O-])c1. The zero-order chi connectivity index (χ0) is 23.3. The van der Waals surface area contributed by atoms with Crippen molar-refractivity contribution in [2.75, 3.05) is 19.6 Å². The summed E-state index contributed by atoms with van der Waals surface area (Å²) in [5.74, 6) is 0.578. The van der Waals surface area contributed by atoms with Gasteiger partial charge in [-0.25, -0.2) is 0 Å². The highest BCUT2D eigenvalue weighted by Crippen LogP contribution is 2.26. The Kier molecular flexibility index (Phi) is 7.69. The van der Waals surface area contributed by atoms with Crippen LogP contribution in [0, 0.1) is 17.0 Å². The normalized spacial score (nSPS) is 12.4. The number of hydrogen-bond donors (Lipinski definition) is 1. The molecule has 0 saturated carbocycles. The van der Waals surface area contributed by atoms with Gasteiger partial charge in [0.15, 0.2) is 5.58 Å². The number of hydrogen-bond acceptors (Lipinski definition) is 5. The summed E-state index contributed by atoms with van der Waals surface area (Å²) in [6.07, 6.45) is 1.91. The number of aryl methyl sites for hydroxylation is 1. The molecule has 2 heterocycles. The number of nitrogens with one attached hydrogen (secondary N) is 1. The first-order chi connectivity index (χ1) is 15.3. The van der Waals surface area contributed by atoms with Crippen molar-refractivity contribution in [2.24, 2.45) is 0 Å². The second-order valence-electron chi connectivity index (χ2n) is 8.19. The van der Waals surface area contributed by atoms with Crippen molar-refractivity contribution in [3.05, 3.63) is 63.5 Å². The van der Waals surface area contributed by atoms with Crippen molar-refractivity contribution in [1.82, 2.24) is 14.8 Å². The molecule has 1 N–H and O–H groups in total. The van der Waals surface area contributed by atoms with Gasteiger partial charge in [-0.2, -0.15) is 0 Å². The van der Waals surface area contributed by atoms with Gasteiger partial charge in [0.05, 0.1) is 10.4 Å². The molecule has 0 spiro atoms. The van der Waals surface area contributed by atoms with E-state index in [1.807, 2.05) is 30.5 Å². The van der Waals surface area contributed by atoms with E-state index in [2.05, 4.69) is 24.1 Å². The van der Waals surface area contributed by atoms with Crippen molar-refractivity contribution >= 4 is 22.7 Å². The summed E-state index contributed by atoms with van der Waals surface area (Å²) < 4.78 is 7.61. The summed E-state index contributed by atoms with van der Waals surface area (Å²) in [5, 5.41) is 14.3. The van der Waals surface area contributed by atoms with Crippen molar-refractivity contribution in [3.63, 3.8) is 0 Å². The van der Waals surface area contributed by atoms with Gasteiger partial charge in [-0.05, 0) is 51.9 Å². The fraction of sp³-hybridized carbons (Fsp3) is 0.458. The van der Waals surface area contributed by atoms with E-state index in [4.69, 9.17) is 4.42 Å². The number of nitro benzene ring substituents is 1. The first-order valence-electron chi connectivity index (χ1n) is 11.2. The van der Waals surface area contributed by atoms with E-state index < -0.39 is 4.92 Å². The quantitative estimate of drug-likeness (QED) is 0.343. The molecule has 32 heavy (non-hydrogen) atoms. The third-order valence-corrected chi connectivity index (χ3v) is 5.79. The smallest absolute Gasteiger partial charge is 0.269 e. The number of aromatic nitrogens is 1. The highest BCUT2D eigenvalue weighted by molar-refractivity contribution is 5.97. The molecule has 172 valence electrons. The second kappa shape index (κ2) is 10.5. The largest absolute Gasteiger partial charge is 0.460 e. The number of amides is 1. The number of benzene rings is 1. The lowest BCUT2D eigenvalue weighted by Gasteiger charge is -2.20. The summed E-state index contributed by atoms with van der Waals surface area (Å²) in [5.41, 5.74) is 2.69. The number of furan rings is 1. The van der Waals surface area contributed by atoms with Gasteiger partial charge in [0.1, 0.15) is 11.5 Å². The molecule has 0 saturated heterocycles. The van der Waals surface area contributed by atoms with Crippen molar-refractivity contribution in [1.29, 1.82) is 0 Å². The molecule has 0 radical (unpaired) electrons. The van der Waals surface area contributed by atoms with E-state index in [0.717, 1.165) is 49.3 Å². The summed E-state index contributed by atoms with van der Waals surface area (Å²) in [4.78, 5) is 26.2. The van der Waals surface area contributed by atoms with E-state index in [0.29, 0.717) is 17.8 Å². The highest BCUT2D eigenvalue weighted by atomic mass is 16.6. The number of nitrogens with zero attached hydrogens (tertiary/aromatic N) is 3. The number of rotatable bonds is 11. The first-order valence-corrected chi connectivity index (χ1v) is 11.2. The minimum atomic E-state index is -0.412. The molecule has 0 aliphatic heterocycles. The molecule has 8 heteroatoms. The third-order valence-electron chi connectivity index (χ3n) is 5.79. The van der Waals surface area contributed by atoms with Crippen LogP contribution in [0.15, 0.2) is 40.8 Å². The van der Waals surface area contributed by atoms with Gasteiger partial charge in [-0.15, -0.1) is 0 Å². The summed E-state index contributed by atoms with van der Waals surface area (Å²) >= 11 is 0. The van der Waals surface area contributed by atoms with E-state index >= 15 is 0 Å². The van der Waals surface area contributed by atoms with E-state index in [9.17, 15) is 14.9 Å². The van der Waals surface area contributed by atoms with Crippen LogP contribution in [0.3, 0.4) is 0 Å². The van der Waals surface area contributed by atoms with E-state index in [1.54, 1.807) is 12.1 Å². The monoisotopic (exact) mass is 440 g/mol. The summed E-state index contributed by atoms with van der Waals surface area (Å²) in [7, 11) is 0. The van der Waals surface area contributed by atoms with Gasteiger partial charge in [0, 0.05) is 36.9 Å². The van der Waals surface area contributed by atoms with E-state index in [-0.39, 0.29) is 17.6 Å². The molecule has 1 aromatic carbocycles. The maximum absolute atomic E-state index is 13.1. The lowest BCUT2D eigenvalue weighted by molar-refractivity contribution is -0.384. The average molecular weight is 441 g/mol. The summed E-state index contributed by atoms with van der Waals surface area (Å²) in [6.45, 7) is 11.6. The molecule has 1 unspecified atom stereocenters. The predicted octanol–water partition coefficient (Wildman–Crippen LogP) is 4.74. The van der Waals surface area contributed by atoms with Crippen molar-refractivity contribution in [2.45, 2.75) is 53.1 Å². The van der Waals surface area contributed by atoms with Gasteiger partial charge in [0.2, 0.25) is 0 Å². The highest BCUT2D eigenvalue weighted by Gasteiger charge is 2.20. The fourth-order valence-electron chi connectivity index (χ4n) is 4.01. The number of nitro groups is 1. The van der Waals surface area contributed by atoms with Crippen molar-refractivity contribution in [3.8, 4) is 0 Å². The van der Waals surface area contributed by atoms with Crippen LogP contribution in [0.2, 0.25) is 0 Å². The van der Waals surface area contributed by atoms with Crippen LogP contribution in [0.5, 0.6) is 0 Å². The Morgan fingerprint density at radius 3 is 2.69 bits per heavy atom. The molecule has 0 bridgehead atoms. The van der Waals surface area contributed by atoms with Gasteiger partial charge < -0.3 is 19.2 Å². The summed E-state index contributed by atoms with van der Waals surface area (Å²) in [6, 6.07) is 10.2. The van der Waals surface area contributed by atoms with Gasteiger partial charge in [0.25, 0.3) is 11.6 Å². The zero-order valence-electron chi connectivity index (χ0n) is 19.3. The molecule has 2 aromatic heterocycles. The Hall–Kier alpha value is -3.13. The maximum Gasteiger partial charge on any atom is 0.269 e. The third kappa shape index (κ3) is 5.56. The van der Waals surface area contributed by atoms with Crippen LogP contribution in [-0.4, -0.2) is 46.0 Å². The van der Waals surface area contributed by atoms with Crippen LogP contribution in [0.25, 0.3) is 11.1 Å². The van der Waals surface area contributed by atoms with Crippen LogP contribution >= 0.6 is 0 Å². The minimum absolute atomic E-state index is 0.0297. The van der Waals surface area contributed by atoms with E-state index in [1.165, 1.54) is 12.1 Å². The maximum atomic E-state index is 13.1. The minimum Gasteiger partial charge on any atom is -0.460 e. The number of carbonyl (C=O) groups excluding carboxylic acids is 1. The molecule has 8 nitrogen and oxygen atoms in total. The number of fused-ring (bicyclic) bond motifs is 1. The van der Waals surface area contributed by atoms with Crippen LogP contribution < -0.4 is 5.32 Å². The van der Waals surface area contributed by atoms with Crippen molar-refractivity contribution < 1.29 is 14.1 Å². The molecule has 0 aliphatic carbocycles. The number of carbonyl (C=O) groups is 1. The molecule has 0 fully saturated rings. The van der Waals surface area contributed by atoms with Gasteiger partial charge in [-0.3, -0.25) is 14.9 Å². The van der Waals surface area contributed by atoms with Crippen LogP contribution in [-0.2, 0) is 6.54 Å². The molecule has 3 rings (SSSR count). The standard InChI is InChI=1S/C24H32N4O4/c1-5-26(6-2)12-8-9-17(3)25-24(29)22-15-23-21(13-18(4)32-23)27(22)16-19-10-7-11-20(14-19)28(30)31/h7,10-11,13-15,17H,5-6,8-9,12,16H2,1-4H3,(H,25,29). The fourth-order valence-corrected chi connectivity index (χ4v) is 4.01. The Morgan fingerprint density at radius 2 is 2.00 bits per heavy atom. The number of non-ortho nitro benzene ring substituents is 1. The zero-order valence-corrected chi connectivity index (χ0v) is 19.3. The molecule has 1 atom stereocenters. The average Bonchev–Trinajstić information content (AvgIpc) is 3.28. The Labute approximate surface area is 188 Å². The predicted molar refractivity (Wildman–Crippen MR) is 125 cm³/mol. The Bertz CT molecular complexity index is 1080. The molecule has 3 aromatic rings. The van der Waals surface area contributed by atoms with Crippen LogP contribution in [0.4, 0.5) is 5.69 Å². The molecule has 0 aliphatic rings. The topological polar surface area (TPSA) is 93.6 Å². The second-order valence-corrected chi connectivity index (χ2v) is 8.19. The lowest BCUT2D eigenvalue weighted by Crippen LogP contribution is -2.35. The van der Waals surface area contributed by atoms with Gasteiger partial charge >= 0.3 is 0 Å².